The third-order valence-corrected chi connectivity index (χ3v) is 11.0. The first kappa shape index (κ1) is 62.6. The minimum absolute atomic E-state index is 0. The molecule has 0 bridgehead atoms. The van der Waals surface area contributed by atoms with Crippen LogP contribution in [0.3, 0.4) is 0 Å². The fraction of sp³-hybridized carbons (Fsp3) is 1.00. The van der Waals surface area contributed by atoms with Gasteiger partial charge in [0.2, 0.25) is 0 Å². The van der Waals surface area contributed by atoms with Gasteiger partial charge in [0.05, 0.1) is 260 Å². The van der Waals surface area contributed by atoms with E-state index < -0.39 is 0 Å². The van der Waals surface area contributed by atoms with E-state index in [4.69, 9.17) is 94.7 Å². The molecular weight excluding hydrogens is 1120 g/mol. The van der Waals surface area contributed by atoms with Gasteiger partial charge in [-0.15, -0.1) is 0 Å². The van der Waals surface area contributed by atoms with Gasteiger partial charge in [-0.2, -0.15) is 0 Å². The standard InChI is InChI=1S/2C22H40O10.2Ba/c2*1-5-25-9-13-29-19-17-21-22(18-20(19)30-14-10-26-6-2-23-1)32-16-12-28-8-4-24-3-7-27-11-15-31-21;;/h2*19-22H,1-18H2;;/q;;2*+2. The molecule has 2 saturated carbocycles. The van der Waals surface area contributed by atoms with Crippen molar-refractivity contribution in [3.05, 3.63) is 0 Å². The molecule has 66 heavy (non-hydrogen) atoms. The zero-order valence-electron chi connectivity index (χ0n) is 39.7. The van der Waals surface area contributed by atoms with Crippen molar-refractivity contribution in [3.63, 3.8) is 0 Å². The SMILES string of the molecule is C1COCCOC2CC3OCCOCCOCCOCCOC3CC2OCCOCCO1.C1COCCOC2CC3OCCOCCOCCOCCOC3CC2OCCOCCO1.[Ba+2].[Ba+2]. The summed E-state index contributed by atoms with van der Waals surface area (Å²) in [6.07, 6.45) is 1.94. The van der Waals surface area contributed by atoms with E-state index in [2.05, 4.69) is 0 Å². The van der Waals surface area contributed by atoms with Gasteiger partial charge in [-0.05, 0) is 0 Å². The first-order chi connectivity index (χ1) is 31.9. The Morgan fingerprint density at radius 2 is 0.227 bits per heavy atom. The maximum Gasteiger partial charge on any atom is 2.00 e. The molecule has 0 N–H and O–H groups in total. The largest absolute Gasteiger partial charge is 2.00 e. The molecule has 6 rings (SSSR count). The van der Waals surface area contributed by atoms with Gasteiger partial charge < -0.3 is 94.7 Å². The van der Waals surface area contributed by atoms with Crippen molar-refractivity contribution < 1.29 is 94.7 Å². The van der Waals surface area contributed by atoms with Crippen LogP contribution in [0, 0.1) is 0 Å². The van der Waals surface area contributed by atoms with Crippen molar-refractivity contribution in [1.82, 2.24) is 0 Å². The molecular formula is C44H80Ba2O20+4. The normalized spacial score (nSPS) is 33.5. The fourth-order valence-electron chi connectivity index (χ4n) is 7.77. The molecule has 20 nitrogen and oxygen atoms in total. The van der Waals surface area contributed by atoms with Crippen LogP contribution in [0.4, 0.5) is 0 Å². The van der Waals surface area contributed by atoms with Gasteiger partial charge >= 0.3 is 97.8 Å². The molecule has 0 spiro atoms. The van der Waals surface area contributed by atoms with E-state index in [1.807, 2.05) is 0 Å². The molecule has 4 aliphatic heterocycles. The van der Waals surface area contributed by atoms with E-state index in [1.165, 1.54) is 0 Å². The van der Waals surface area contributed by atoms with Crippen LogP contribution < -0.4 is 0 Å². The second kappa shape index (κ2) is 43.7. The summed E-state index contributed by atoms with van der Waals surface area (Å²) in [6, 6.07) is 0. The van der Waals surface area contributed by atoms with Gasteiger partial charge in [-0.3, -0.25) is 0 Å². The zero-order valence-corrected chi connectivity index (χ0v) is 48.5. The molecule has 2 aliphatic carbocycles. The minimum Gasteiger partial charge on any atom is -0.377 e. The Morgan fingerprint density at radius 3 is 0.333 bits per heavy atom. The average Bonchev–Trinajstić information content (AvgIpc) is 3.33. The topological polar surface area (TPSA) is 185 Å². The number of rotatable bonds is 0. The Labute approximate surface area is 473 Å². The second-order valence-electron chi connectivity index (χ2n) is 15.6. The smallest absolute Gasteiger partial charge is 0.377 e. The summed E-state index contributed by atoms with van der Waals surface area (Å²) in [5.74, 6) is 0. The van der Waals surface area contributed by atoms with Crippen molar-refractivity contribution in [3.8, 4) is 0 Å². The fourth-order valence-corrected chi connectivity index (χ4v) is 7.77. The second-order valence-corrected chi connectivity index (χ2v) is 15.6. The monoisotopic (exact) mass is 1200 g/mol. The van der Waals surface area contributed by atoms with E-state index in [9.17, 15) is 0 Å². The van der Waals surface area contributed by atoms with Crippen molar-refractivity contribution in [1.29, 1.82) is 0 Å². The number of ether oxygens (including phenoxy) is 20. The quantitative estimate of drug-likeness (QED) is 0.298. The Morgan fingerprint density at radius 1 is 0.136 bits per heavy atom. The first-order valence-electron chi connectivity index (χ1n) is 23.7. The van der Waals surface area contributed by atoms with E-state index in [0.717, 1.165) is 0 Å². The molecule has 6 aliphatic rings. The predicted octanol–water partition coefficient (Wildman–Crippen LogP) is 0.134. The van der Waals surface area contributed by atoms with Crippen LogP contribution in [-0.2, 0) is 94.7 Å². The van der Waals surface area contributed by atoms with Crippen LogP contribution >= 0.6 is 0 Å². The molecule has 0 radical (unpaired) electrons. The summed E-state index contributed by atoms with van der Waals surface area (Å²) in [4.78, 5) is 0. The number of hydrogen-bond acceptors (Lipinski definition) is 20. The Balaban J connectivity index is 0.000000340. The predicted molar refractivity (Wildman–Crippen MR) is 238 cm³/mol. The summed E-state index contributed by atoms with van der Waals surface area (Å²) in [7, 11) is 0. The van der Waals surface area contributed by atoms with E-state index in [-0.39, 0.29) is 147 Å². The maximum atomic E-state index is 6.16. The molecule has 0 amide bonds. The zero-order chi connectivity index (χ0) is 44.2. The Bertz CT molecular complexity index is 850. The number of hydrogen-bond donors (Lipinski definition) is 0. The maximum absolute atomic E-state index is 6.16. The van der Waals surface area contributed by atoms with E-state index in [0.29, 0.717) is 237 Å². The number of fused-ring (bicyclic) bond motifs is 4. The average molecular weight is 1200 g/mol. The van der Waals surface area contributed by atoms with Gasteiger partial charge in [0, 0.05) is 25.7 Å². The Kier molecular flexibility index (Phi) is 41.5. The Hall–Kier alpha value is 2.34. The van der Waals surface area contributed by atoms with Gasteiger partial charge in [-0.1, -0.05) is 0 Å². The van der Waals surface area contributed by atoms with E-state index >= 15 is 0 Å². The summed E-state index contributed by atoms with van der Waals surface area (Å²) >= 11 is 0. The summed E-state index contributed by atoms with van der Waals surface area (Å²) in [5.41, 5.74) is 0. The van der Waals surface area contributed by atoms with Gasteiger partial charge in [0.1, 0.15) is 0 Å². The minimum atomic E-state index is -0.0996. The third kappa shape index (κ3) is 29.3. The molecule has 4 saturated heterocycles. The molecule has 376 valence electrons. The third-order valence-electron chi connectivity index (χ3n) is 11.0. The van der Waals surface area contributed by atoms with Crippen molar-refractivity contribution in [2.24, 2.45) is 0 Å². The van der Waals surface area contributed by atoms with Crippen LogP contribution in [0.1, 0.15) is 25.7 Å². The van der Waals surface area contributed by atoms with Crippen molar-refractivity contribution in [2.75, 3.05) is 211 Å². The molecule has 0 aromatic heterocycles. The summed E-state index contributed by atoms with van der Waals surface area (Å²) in [6.45, 7) is 16.9. The van der Waals surface area contributed by atoms with Crippen molar-refractivity contribution >= 4 is 97.8 Å². The van der Waals surface area contributed by atoms with Crippen LogP contribution in [0.15, 0.2) is 0 Å². The van der Waals surface area contributed by atoms with Gasteiger partial charge in [0.15, 0.2) is 0 Å². The van der Waals surface area contributed by atoms with Crippen LogP contribution in [-0.4, -0.2) is 358 Å². The molecule has 0 aromatic rings. The van der Waals surface area contributed by atoms with Gasteiger partial charge in [0.25, 0.3) is 0 Å². The van der Waals surface area contributed by atoms with Crippen molar-refractivity contribution in [2.45, 2.75) is 74.5 Å². The first-order valence-corrected chi connectivity index (χ1v) is 23.7. The van der Waals surface area contributed by atoms with E-state index in [1.54, 1.807) is 0 Å². The van der Waals surface area contributed by atoms with Crippen LogP contribution in [0.5, 0.6) is 0 Å². The molecule has 6 fully saturated rings. The molecule has 8 atom stereocenters. The summed E-state index contributed by atoms with van der Waals surface area (Å²) < 4.78 is 116. The van der Waals surface area contributed by atoms with Gasteiger partial charge in [-0.25, -0.2) is 0 Å². The van der Waals surface area contributed by atoms with Crippen LogP contribution in [0.2, 0.25) is 0 Å². The molecule has 22 heteroatoms. The molecule has 4 heterocycles. The molecule has 0 aromatic carbocycles. The summed E-state index contributed by atoms with van der Waals surface area (Å²) in [5, 5.41) is 0. The van der Waals surface area contributed by atoms with Crippen LogP contribution in [0.25, 0.3) is 0 Å². The molecule has 8 unspecified atom stereocenters.